The van der Waals surface area contributed by atoms with Crippen molar-refractivity contribution in [3.8, 4) is 11.5 Å². The van der Waals surface area contributed by atoms with Gasteiger partial charge in [0.15, 0.2) is 11.0 Å². The van der Waals surface area contributed by atoms with E-state index >= 15 is 0 Å². The molecule has 0 aliphatic carbocycles. The first-order chi connectivity index (χ1) is 16.9. The van der Waals surface area contributed by atoms with Crippen molar-refractivity contribution in [2.75, 3.05) is 24.8 Å². The number of allylic oxidation sites excluding steroid dienone is 1. The Kier molecular flexibility index (Phi) is 9.31. The van der Waals surface area contributed by atoms with Gasteiger partial charge in [0.05, 0.1) is 25.5 Å². The van der Waals surface area contributed by atoms with Gasteiger partial charge >= 0.3 is 0 Å². The highest BCUT2D eigenvalue weighted by Crippen LogP contribution is 2.22. The molecule has 1 heterocycles. The molecule has 0 aliphatic heterocycles. The van der Waals surface area contributed by atoms with Gasteiger partial charge < -0.3 is 24.7 Å². The highest BCUT2D eigenvalue weighted by molar-refractivity contribution is 7.99. The van der Waals surface area contributed by atoms with Crippen LogP contribution >= 0.6 is 11.8 Å². The van der Waals surface area contributed by atoms with E-state index in [9.17, 15) is 9.59 Å². The zero-order chi connectivity index (χ0) is 25.2. The van der Waals surface area contributed by atoms with Crippen molar-refractivity contribution in [2.24, 2.45) is 0 Å². The van der Waals surface area contributed by atoms with Crippen LogP contribution in [0.5, 0.6) is 11.5 Å². The fraction of sp³-hybridized carbons (Fsp3) is 0.280. The first-order valence-electron chi connectivity index (χ1n) is 11.1. The molecule has 9 nitrogen and oxygen atoms in total. The summed E-state index contributed by atoms with van der Waals surface area (Å²) in [7, 11) is 1.57. The van der Waals surface area contributed by atoms with Gasteiger partial charge in [-0.3, -0.25) is 9.59 Å². The minimum atomic E-state index is -0.413. The Labute approximate surface area is 208 Å². The lowest BCUT2D eigenvalue weighted by atomic mass is 10.2. The monoisotopic (exact) mass is 495 g/mol. The van der Waals surface area contributed by atoms with E-state index in [1.54, 1.807) is 61.7 Å². The molecule has 3 aromatic rings. The number of aromatic nitrogens is 3. The number of rotatable bonds is 12. The predicted molar refractivity (Wildman–Crippen MR) is 136 cm³/mol. The van der Waals surface area contributed by atoms with Gasteiger partial charge in [-0.2, -0.15) is 0 Å². The van der Waals surface area contributed by atoms with E-state index < -0.39 is 6.04 Å². The SMILES string of the molecule is C=CCn1c(SCC(=O)Nc2ccc(OCC)cc2)nnc1C(C)NC(=O)c1ccc(OC)cc1. The molecule has 2 aromatic carbocycles. The number of hydrogen-bond acceptors (Lipinski definition) is 7. The van der Waals surface area contributed by atoms with E-state index in [1.165, 1.54) is 11.8 Å². The van der Waals surface area contributed by atoms with Gasteiger partial charge in [0.25, 0.3) is 5.91 Å². The molecule has 1 atom stereocenters. The lowest BCUT2D eigenvalue weighted by molar-refractivity contribution is -0.113. The summed E-state index contributed by atoms with van der Waals surface area (Å²) in [5.74, 6) is 1.73. The van der Waals surface area contributed by atoms with Crippen molar-refractivity contribution in [3.05, 3.63) is 72.6 Å². The number of carbonyl (C=O) groups is 2. The van der Waals surface area contributed by atoms with Gasteiger partial charge in [-0.25, -0.2) is 0 Å². The number of benzene rings is 2. The number of nitrogens with zero attached hydrogens (tertiary/aromatic N) is 3. The standard InChI is InChI=1S/C25H29N5O4S/c1-5-15-30-23(17(3)26-24(32)18-7-11-20(33-4)12-8-18)28-29-25(30)35-16-22(31)27-19-9-13-21(14-10-19)34-6-2/h5,7-14,17H,1,6,15-16H2,2-4H3,(H,26,32)(H,27,31). The number of anilines is 1. The van der Waals surface area contributed by atoms with E-state index in [1.807, 2.05) is 18.4 Å². The molecule has 0 radical (unpaired) electrons. The van der Waals surface area contributed by atoms with E-state index in [4.69, 9.17) is 9.47 Å². The Morgan fingerprint density at radius 2 is 1.80 bits per heavy atom. The molecule has 3 rings (SSSR count). The van der Waals surface area contributed by atoms with Crippen molar-refractivity contribution in [2.45, 2.75) is 31.6 Å². The van der Waals surface area contributed by atoms with Crippen LogP contribution in [0.2, 0.25) is 0 Å². The zero-order valence-corrected chi connectivity index (χ0v) is 20.8. The Bertz CT molecular complexity index is 1150. The van der Waals surface area contributed by atoms with Gasteiger partial charge in [0.1, 0.15) is 11.5 Å². The second-order valence-corrected chi connectivity index (χ2v) is 8.40. The summed E-state index contributed by atoms with van der Waals surface area (Å²) < 4.78 is 12.4. The molecule has 1 aromatic heterocycles. The van der Waals surface area contributed by atoms with Crippen LogP contribution in [0.15, 0.2) is 66.3 Å². The zero-order valence-electron chi connectivity index (χ0n) is 20.0. The fourth-order valence-electron chi connectivity index (χ4n) is 3.24. The summed E-state index contributed by atoms with van der Waals surface area (Å²) in [4.78, 5) is 25.1. The molecule has 0 saturated carbocycles. The summed E-state index contributed by atoms with van der Waals surface area (Å²) in [6.45, 7) is 8.57. The highest BCUT2D eigenvalue weighted by atomic mass is 32.2. The number of hydrogen-bond donors (Lipinski definition) is 2. The quantitative estimate of drug-likeness (QED) is 0.288. The summed E-state index contributed by atoms with van der Waals surface area (Å²) >= 11 is 1.26. The van der Waals surface area contributed by atoms with Crippen molar-refractivity contribution >= 4 is 29.3 Å². The van der Waals surface area contributed by atoms with E-state index in [-0.39, 0.29) is 17.6 Å². The van der Waals surface area contributed by atoms with Crippen molar-refractivity contribution in [1.82, 2.24) is 20.1 Å². The number of carbonyl (C=O) groups excluding carboxylic acids is 2. The van der Waals surface area contributed by atoms with Crippen molar-refractivity contribution < 1.29 is 19.1 Å². The maximum atomic E-state index is 12.7. The molecule has 0 bridgehead atoms. The molecule has 1 unspecified atom stereocenters. The van der Waals surface area contributed by atoms with E-state index in [0.717, 1.165) is 5.75 Å². The Hall–Kier alpha value is -3.79. The average molecular weight is 496 g/mol. The minimum Gasteiger partial charge on any atom is -0.497 e. The maximum Gasteiger partial charge on any atom is 0.251 e. The third-order valence-corrected chi connectivity index (χ3v) is 5.89. The largest absolute Gasteiger partial charge is 0.497 e. The minimum absolute atomic E-state index is 0.148. The van der Waals surface area contributed by atoms with Gasteiger partial charge in [-0.05, 0) is 62.4 Å². The number of nitrogens with one attached hydrogen (secondary N) is 2. The normalized spacial score (nSPS) is 11.4. The molecule has 0 spiro atoms. The van der Waals surface area contributed by atoms with Crippen LogP contribution in [-0.2, 0) is 11.3 Å². The Morgan fingerprint density at radius 1 is 1.11 bits per heavy atom. The second-order valence-electron chi connectivity index (χ2n) is 7.46. The third kappa shape index (κ3) is 7.10. The molecule has 0 saturated heterocycles. The van der Waals surface area contributed by atoms with Crippen LogP contribution in [0.1, 0.15) is 36.1 Å². The number of ether oxygens (including phenoxy) is 2. The molecule has 184 valence electrons. The second kappa shape index (κ2) is 12.6. The van der Waals surface area contributed by atoms with Crippen LogP contribution in [-0.4, -0.2) is 46.0 Å². The Balaban J connectivity index is 1.62. The van der Waals surface area contributed by atoms with Crippen LogP contribution < -0.4 is 20.1 Å². The lowest BCUT2D eigenvalue weighted by Gasteiger charge is -2.15. The Morgan fingerprint density at radius 3 is 2.43 bits per heavy atom. The number of thioether (sulfide) groups is 1. The molecule has 0 fully saturated rings. The molecule has 35 heavy (non-hydrogen) atoms. The fourth-order valence-corrected chi connectivity index (χ4v) is 4.00. The molecular weight excluding hydrogens is 466 g/mol. The van der Waals surface area contributed by atoms with E-state index in [0.29, 0.717) is 41.1 Å². The van der Waals surface area contributed by atoms with Gasteiger partial charge in [-0.15, -0.1) is 16.8 Å². The van der Waals surface area contributed by atoms with Gasteiger partial charge in [0, 0.05) is 17.8 Å². The van der Waals surface area contributed by atoms with Crippen LogP contribution in [0, 0.1) is 0 Å². The molecule has 2 N–H and O–H groups in total. The summed E-state index contributed by atoms with van der Waals surface area (Å²) in [6, 6.07) is 13.6. The van der Waals surface area contributed by atoms with Crippen molar-refractivity contribution in [3.63, 3.8) is 0 Å². The molecule has 0 aliphatic rings. The summed E-state index contributed by atoms with van der Waals surface area (Å²) in [5.41, 5.74) is 1.19. The lowest BCUT2D eigenvalue weighted by Crippen LogP contribution is -2.28. The molecule has 10 heteroatoms. The molecule has 2 amide bonds. The predicted octanol–water partition coefficient (Wildman–Crippen LogP) is 4.09. The molecular formula is C25H29N5O4S. The van der Waals surface area contributed by atoms with Gasteiger partial charge in [0.2, 0.25) is 5.91 Å². The maximum absolute atomic E-state index is 12.7. The number of methoxy groups -OCH3 is 1. The van der Waals surface area contributed by atoms with E-state index in [2.05, 4.69) is 27.4 Å². The highest BCUT2D eigenvalue weighted by Gasteiger charge is 2.20. The topological polar surface area (TPSA) is 107 Å². The van der Waals surface area contributed by atoms with Crippen LogP contribution in [0.25, 0.3) is 0 Å². The average Bonchev–Trinajstić information content (AvgIpc) is 3.27. The summed E-state index contributed by atoms with van der Waals surface area (Å²) in [6.07, 6.45) is 1.72. The number of amides is 2. The summed E-state index contributed by atoms with van der Waals surface area (Å²) in [5, 5.41) is 14.9. The van der Waals surface area contributed by atoms with Gasteiger partial charge in [-0.1, -0.05) is 17.8 Å². The van der Waals surface area contributed by atoms with Crippen LogP contribution in [0.3, 0.4) is 0 Å². The smallest absolute Gasteiger partial charge is 0.251 e. The first kappa shape index (κ1) is 25.8. The van der Waals surface area contributed by atoms with Crippen LogP contribution in [0.4, 0.5) is 5.69 Å². The third-order valence-electron chi connectivity index (χ3n) is 4.93. The first-order valence-corrected chi connectivity index (χ1v) is 12.1. The van der Waals surface area contributed by atoms with Crippen molar-refractivity contribution in [1.29, 1.82) is 0 Å².